The van der Waals surface area contributed by atoms with Crippen molar-refractivity contribution in [3.8, 4) is 5.75 Å². The van der Waals surface area contributed by atoms with Crippen molar-refractivity contribution in [2.75, 3.05) is 38.7 Å². The van der Waals surface area contributed by atoms with Crippen molar-refractivity contribution < 1.29 is 41.7 Å². The Labute approximate surface area is 290 Å². The highest BCUT2D eigenvalue weighted by Gasteiger charge is 2.41. The van der Waals surface area contributed by atoms with E-state index >= 15 is 4.39 Å². The van der Waals surface area contributed by atoms with Crippen LogP contribution >= 0.6 is 11.3 Å². The van der Waals surface area contributed by atoms with Gasteiger partial charge in [-0.15, -0.1) is 0 Å². The quantitative estimate of drug-likeness (QED) is 0.214. The van der Waals surface area contributed by atoms with Crippen LogP contribution in [0.4, 0.5) is 14.3 Å². The van der Waals surface area contributed by atoms with E-state index in [0.29, 0.717) is 33.7 Å². The number of carbonyl (C=O) groups excluding carboxylic acids is 1. The van der Waals surface area contributed by atoms with E-state index in [9.17, 15) is 18.3 Å². The van der Waals surface area contributed by atoms with Gasteiger partial charge >= 0.3 is 6.09 Å². The molecule has 4 heterocycles. The van der Waals surface area contributed by atoms with Gasteiger partial charge in [-0.2, -0.15) is 4.31 Å². The van der Waals surface area contributed by atoms with Crippen LogP contribution in [0.1, 0.15) is 45.6 Å². The molecule has 6 atom stereocenters. The fraction of sp³-hybridized carbons (Fsp3) is 0.588. The van der Waals surface area contributed by atoms with Gasteiger partial charge in [0.05, 0.1) is 47.6 Å². The minimum Gasteiger partial charge on any atom is -0.497 e. The summed E-state index contributed by atoms with van der Waals surface area (Å²) >= 11 is 1.35. The van der Waals surface area contributed by atoms with Gasteiger partial charge in [-0.05, 0) is 75.4 Å². The molecule has 3 aliphatic heterocycles. The molecule has 1 aliphatic carbocycles. The van der Waals surface area contributed by atoms with Gasteiger partial charge in [-0.25, -0.2) is 22.6 Å². The molecule has 2 bridgehead atoms. The zero-order valence-corrected chi connectivity index (χ0v) is 29.8. The van der Waals surface area contributed by atoms with Crippen LogP contribution in [0.15, 0.2) is 47.4 Å². The Balaban J connectivity index is 1.22. The summed E-state index contributed by atoms with van der Waals surface area (Å²) < 4.78 is 67.7. The SMILES string of the molecule is COc1ccc(C[C@H](NC(=O)OC2COC3OCC2CC3C)[C@H](O)CN(CC(C)(C)F)S(=O)(=O)c2ccc3nc(NC4CC4)sc3c2)cc1. The minimum atomic E-state index is -4.30. The number of nitrogens with zero attached hydrogens (tertiary/aromatic N) is 2. The number of rotatable bonds is 14. The first-order valence-electron chi connectivity index (χ1n) is 16.6. The molecule has 12 nitrogen and oxygen atoms in total. The molecule has 49 heavy (non-hydrogen) atoms. The average molecular weight is 721 g/mol. The molecule has 0 spiro atoms. The molecule has 2 aromatic carbocycles. The van der Waals surface area contributed by atoms with E-state index in [1.807, 2.05) is 6.92 Å². The Morgan fingerprint density at radius 2 is 1.92 bits per heavy atom. The third-order valence-corrected chi connectivity index (χ3v) is 11.8. The maximum Gasteiger partial charge on any atom is 0.407 e. The van der Waals surface area contributed by atoms with Gasteiger partial charge in [0.1, 0.15) is 17.5 Å². The number of nitrogens with one attached hydrogen (secondary N) is 2. The number of hydrogen-bond donors (Lipinski definition) is 3. The number of aromatic nitrogens is 1. The molecule has 1 amide bonds. The molecule has 3 saturated heterocycles. The maximum atomic E-state index is 15.2. The summed E-state index contributed by atoms with van der Waals surface area (Å²) in [6.45, 7) is 4.15. The van der Waals surface area contributed by atoms with Crippen molar-refractivity contribution in [1.82, 2.24) is 14.6 Å². The number of alkyl halides is 1. The molecule has 0 radical (unpaired) electrons. The first-order valence-corrected chi connectivity index (χ1v) is 18.9. The van der Waals surface area contributed by atoms with E-state index in [2.05, 4.69) is 15.6 Å². The summed E-state index contributed by atoms with van der Waals surface area (Å²) in [7, 11) is -2.75. The van der Waals surface area contributed by atoms with Crippen LogP contribution in [0.5, 0.6) is 5.75 Å². The lowest BCUT2D eigenvalue weighted by molar-refractivity contribution is -0.175. The van der Waals surface area contributed by atoms with Gasteiger partial charge in [0.25, 0.3) is 0 Å². The molecule has 15 heteroatoms. The number of methoxy groups -OCH3 is 1. The molecule has 3 aromatic rings. The van der Waals surface area contributed by atoms with Crippen LogP contribution in [0, 0.1) is 11.8 Å². The highest BCUT2D eigenvalue weighted by molar-refractivity contribution is 7.89. The topological polar surface area (TPSA) is 149 Å². The normalized spacial score (nSPS) is 24.0. The van der Waals surface area contributed by atoms with Gasteiger partial charge in [0, 0.05) is 31.0 Å². The number of benzene rings is 2. The average Bonchev–Trinajstić information content (AvgIpc) is 3.83. The lowest BCUT2D eigenvalue weighted by Gasteiger charge is -2.33. The van der Waals surface area contributed by atoms with Crippen LogP contribution < -0.4 is 15.4 Å². The second-order valence-corrected chi connectivity index (χ2v) is 16.9. The van der Waals surface area contributed by atoms with Crippen molar-refractivity contribution >= 4 is 42.8 Å². The highest BCUT2D eigenvalue weighted by atomic mass is 32.2. The van der Waals surface area contributed by atoms with E-state index in [1.54, 1.807) is 37.4 Å². The number of anilines is 1. The largest absolute Gasteiger partial charge is 0.497 e. The third kappa shape index (κ3) is 8.99. The number of ether oxygens (including phenoxy) is 4. The summed E-state index contributed by atoms with van der Waals surface area (Å²) in [5.41, 5.74) is -0.534. The van der Waals surface area contributed by atoms with Crippen LogP contribution in [-0.2, 0) is 30.7 Å². The molecule has 4 aliphatic rings. The molecule has 1 aromatic heterocycles. The van der Waals surface area contributed by atoms with E-state index in [-0.39, 0.29) is 36.0 Å². The van der Waals surface area contributed by atoms with E-state index in [4.69, 9.17) is 18.9 Å². The predicted molar refractivity (Wildman–Crippen MR) is 183 cm³/mol. The smallest absolute Gasteiger partial charge is 0.407 e. The number of aliphatic hydroxyl groups excluding tert-OH is 1. The molecule has 268 valence electrons. The van der Waals surface area contributed by atoms with E-state index < -0.39 is 53.1 Å². The summed E-state index contributed by atoms with van der Waals surface area (Å²) in [6, 6.07) is 11.1. The van der Waals surface area contributed by atoms with Crippen molar-refractivity contribution in [3.05, 3.63) is 48.0 Å². The van der Waals surface area contributed by atoms with E-state index in [1.165, 1.54) is 37.3 Å². The fourth-order valence-corrected chi connectivity index (χ4v) is 8.96. The van der Waals surface area contributed by atoms with Gasteiger partial charge in [0.2, 0.25) is 10.0 Å². The van der Waals surface area contributed by atoms with Crippen LogP contribution in [-0.4, -0.2) is 98.6 Å². The third-order valence-electron chi connectivity index (χ3n) is 9.05. The number of fused-ring (bicyclic) bond motifs is 5. The number of carbonyl (C=O) groups is 1. The Bertz CT molecular complexity index is 1710. The number of hydrogen-bond acceptors (Lipinski definition) is 11. The molecule has 1 saturated carbocycles. The number of sulfonamides is 1. The number of thiazole rings is 1. The molecular formula is C34H45FN4O8S2. The lowest BCUT2D eigenvalue weighted by Crippen LogP contribution is -2.53. The number of aliphatic hydroxyl groups is 1. The molecular weight excluding hydrogens is 676 g/mol. The summed E-state index contributed by atoms with van der Waals surface area (Å²) in [4.78, 5) is 17.9. The monoisotopic (exact) mass is 720 g/mol. The van der Waals surface area contributed by atoms with Crippen LogP contribution in [0.3, 0.4) is 0 Å². The first kappa shape index (κ1) is 35.7. The van der Waals surface area contributed by atoms with Gasteiger partial charge in [-0.1, -0.05) is 30.4 Å². The zero-order chi connectivity index (χ0) is 34.9. The first-order chi connectivity index (χ1) is 23.3. The van der Waals surface area contributed by atoms with Crippen molar-refractivity contribution in [2.45, 2.75) is 87.6 Å². The minimum absolute atomic E-state index is 0.0446. The second-order valence-electron chi connectivity index (χ2n) is 13.9. The van der Waals surface area contributed by atoms with Crippen LogP contribution in [0.25, 0.3) is 10.2 Å². The van der Waals surface area contributed by atoms with Gasteiger partial charge < -0.3 is 34.7 Å². The van der Waals surface area contributed by atoms with Gasteiger partial charge in [0.15, 0.2) is 11.4 Å². The van der Waals surface area contributed by atoms with Gasteiger partial charge in [-0.3, -0.25) is 0 Å². The maximum absolute atomic E-state index is 15.2. The summed E-state index contributed by atoms with van der Waals surface area (Å²) in [5, 5.41) is 18.5. The predicted octanol–water partition coefficient (Wildman–Crippen LogP) is 4.71. The molecule has 4 fully saturated rings. The number of halogens is 1. The fourth-order valence-electron chi connectivity index (χ4n) is 6.27. The number of alkyl carbamates (subject to hydrolysis) is 1. The Hall–Kier alpha value is -3.08. The van der Waals surface area contributed by atoms with E-state index in [0.717, 1.165) is 29.1 Å². The Kier molecular flexibility index (Phi) is 10.7. The molecule has 7 rings (SSSR count). The van der Waals surface area contributed by atoms with Crippen LogP contribution in [0.2, 0.25) is 0 Å². The second kappa shape index (κ2) is 14.6. The Morgan fingerprint density at radius 1 is 1.18 bits per heavy atom. The molecule has 4 unspecified atom stereocenters. The summed E-state index contributed by atoms with van der Waals surface area (Å²) in [6.07, 6.45) is -0.0808. The van der Waals surface area contributed by atoms with Crippen molar-refractivity contribution in [1.29, 1.82) is 0 Å². The highest BCUT2D eigenvalue weighted by Crippen LogP contribution is 2.34. The lowest BCUT2D eigenvalue weighted by atomic mass is 9.91. The van der Waals surface area contributed by atoms with Crippen molar-refractivity contribution in [2.24, 2.45) is 11.8 Å². The standard InChI is InChI=1S/C34H45FN4O8S2/c1-20-13-22-17-45-31(20)46-18-29(22)47-33(41)38-27(14-21-5-9-24(44-4)10-6-21)28(40)16-39(19-34(2,3)35)49(42,43)25-11-12-26-30(15-25)48-32(37-26)36-23-7-8-23/h5-6,9-12,15,20,22-23,27-29,31,40H,7-8,13-14,16-19H2,1-4H3,(H,36,37)(H,38,41)/t20?,22?,27-,28+,29?,31?/m0/s1. The summed E-state index contributed by atoms with van der Waals surface area (Å²) in [5.74, 6) is 0.739. The van der Waals surface area contributed by atoms with Crippen molar-refractivity contribution in [3.63, 3.8) is 0 Å². The number of amides is 1. The zero-order valence-electron chi connectivity index (χ0n) is 28.1. The molecule has 3 N–H and O–H groups in total. The Morgan fingerprint density at radius 3 is 2.59 bits per heavy atom.